The van der Waals surface area contributed by atoms with E-state index < -0.39 is 10.0 Å². The summed E-state index contributed by atoms with van der Waals surface area (Å²) in [6, 6.07) is 0. The van der Waals surface area contributed by atoms with Crippen molar-refractivity contribution in [3.8, 4) is 0 Å². The van der Waals surface area contributed by atoms with Crippen LogP contribution < -0.4 is 10.6 Å². The molecule has 0 aromatic heterocycles. The third-order valence-electron chi connectivity index (χ3n) is 3.52. The zero-order valence-corrected chi connectivity index (χ0v) is 11.7. The summed E-state index contributed by atoms with van der Waals surface area (Å²) < 4.78 is 26.9. The number of nitrogens with one attached hydrogen (secondary N) is 2. The van der Waals surface area contributed by atoms with Gasteiger partial charge in [-0.2, -0.15) is 0 Å². The van der Waals surface area contributed by atoms with E-state index in [-0.39, 0.29) is 17.5 Å². The second-order valence-electron chi connectivity index (χ2n) is 5.05. The standard InChI is InChI=1S/C12H16N4O3S/c17-12(14-8-9-6-13-7-9)10-2-1-3-16-4-5-20(18,19)15-11(10)16/h1-3,9,13H,4-8H2,(H,14,17). The maximum absolute atomic E-state index is 12.2. The van der Waals surface area contributed by atoms with Gasteiger partial charge in [-0.15, -0.1) is 4.40 Å². The van der Waals surface area contributed by atoms with Crippen molar-refractivity contribution in [2.45, 2.75) is 0 Å². The van der Waals surface area contributed by atoms with Crippen molar-refractivity contribution in [1.29, 1.82) is 0 Å². The molecule has 1 saturated heterocycles. The first-order valence-electron chi connectivity index (χ1n) is 6.52. The number of allylic oxidation sites excluding steroid dienone is 2. The molecule has 0 radical (unpaired) electrons. The van der Waals surface area contributed by atoms with E-state index >= 15 is 0 Å². The SMILES string of the molecule is O=C(NCC1CNC1)C1=CC=CN2CCS(=O)(=O)N=C12. The predicted molar refractivity (Wildman–Crippen MR) is 74.5 cm³/mol. The van der Waals surface area contributed by atoms with Crippen LogP contribution in [0.25, 0.3) is 0 Å². The Kier molecular flexibility index (Phi) is 3.35. The quantitative estimate of drug-likeness (QED) is 0.684. The molecule has 3 rings (SSSR count). The molecule has 1 amide bonds. The Morgan fingerprint density at radius 1 is 1.50 bits per heavy atom. The lowest BCUT2D eigenvalue weighted by Gasteiger charge is -2.30. The number of amidine groups is 1. The van der Waals surface area contributed by atoms with Crippen molar-refractivity contribution < 1.29 is 13.2 Å². The molecule has 7 nitrogen and oxygen atoms in total. The fourth-order valence-electron chi connectivity index (χ4n) is 2.22. The first kappa shape index (κ1) is 13.3. The average molecular weight is 296 g/mol. The molecule has 1 fully saturated rings. The van der Waals surface area contributed by atoms with E-state index in [0.717, 1.165) is 13.1 Å². The largest absolute Gasteiger partial charge is 0.352 e. The molecule has 0 bridgehead atoms. The van der Waals surface area contributed by atoms with Crippen molar-refractivity contribution in [3.05, 3.63) is 23.9 Å². The molecule has 0 unspecified atom stereocenters. The van der Waals surface area contributed by atoms with E-state index in [1.54, 1.807) is 23.3 Å². The van der Waals surface area contributed by atoms with Crippen molar-refractivity contribution >= 4 is 21.8 Å². The van der Waals surface area contributed by atoms with Gasteiger partial charge in [0.15, 0.2) is 5.84 Å². The monoisotopic (exact) mass is 296 g/mol. The van der Waals surface area contributed by atoms with Crippen molar-refractivity contribution in [1.82, 2.24) is 15.5 Å². The van der Waals surface area contributed by atoms with E-state index in [9.17, 15) is 13.2 Å². The number of amides is 1. The Morgan fingerprint density at radius 2 is 2.30 bits per heavy atom. The van der Waals surface area contributed by atoms with E-state index in [1.165, 1.54) is 0 Å². The molecule has 20 heavy (non-hydrogen) atoms. The normalized spacial score (nSPS) is 24.3. The highest BCUT2D eigenvalue weighted by atomic mass is 32.2. The molecule has 8 heteroatoms. The number of fused-ring (bicyclic) bond motifs is 1. The number of sulfonamides is 1. The van der Waals surface area contributed by atoms with E-state index in [1.807, 2.05) is 0 Å². The minimum atomic E-state index is -3.46. The molecule has 0 aromatic carbocycles. The molecule has 0 aliphatic carbocycles. The van der Waals surface area contributed by atoms with Gasteiger partial charge in [-0.05, 0) is 12.2 Å². The Balaban J connectivity index is 1.76. The number of nitrogens with zero attached hydrogens (tertiary/aromatic N) is 2. The number of carbonyl (C=O) groups is 1. The number of carbonyl (C=O) groups excluding carboxylic acids is 1. The first-order chi connectivity index (χ1) is 9.55. The van der Waals surface area contributed by atoms with Crippen molar-refractivity contribution in [3.63, 3.8) is 0 Å². The molecule has 0 atom stereocenters. The second-order valence-corrected chi connectivity index (χ2v) is 6.81. The average Bonchev–Trinajstić information content (AvgIpc) is 2.35. The Hall–Kier alpha value is -1.67. The zero-order valence-electron chi connectivity index (χ0n) is 10.9. The van der Waals surface area contributed by atoms with Crippen LogP contribution in [0.3, 0.4) is 0 Å². The summed E-state index contributed by atoms with van der Waals surface area (Å²) in [4.78, 5) is 13.9. The van der Waals surface area contributed by atoms with Gasteiger partial charge in [0.2, 0.25) is 0 Å². The van der Waals surface area contributed by atoms with Crippen molar-refractivity contribution in [2.24, 2.45) is 10.3 Å². The smallest absolute Gasteiger partial charge is 0.256 e. The number of hydrogen-bond acceptors (Lipinski definition) is 5. The van der Waals surface area contributed by atoms with Crippen LogP contribution >= 0.6 is 0 Å². The highest BCUT2D eigenvalue weighted by Gasteiger charge is 2.30. The van der Waals surface area contributed by atoms with Gasteiger partial charge >= 0.3 is 0 Å². The molecule has 108 valence electrons. The van der Waals surface area contributed by atoms with Crippen LogP contribution in [0.1, 0.15) is 0 Å². The fourth-order valence-corrected chi connectivity index (χ4v) is 3.20. The lowest BCUT2D eigenvalue weighted by Crippen LogP contribution is -2.49. The maximum Gasteiger partial charge on any atom is 0.256 e. The molecule has 0 aromatic rings. The lowest BCUT2D eigenvalue weighted by molar-refractivity contribution is -0.117. The van der Waals surface area contributed by atoms with Gasteiger partial charge in [-0.25, -0.2) is 8.42 Å². The van der Waals surface area contributed by atoms with Gasteiger partial charge in [-0.3, -0.25) is 4.79 Å². The summed E-state index contributed by atoms with van der Waals surface area (Å²) in [5.74, 6) is 0.376. The van der Waals surface area contributed by atoms with Gasteiger partial charge in [0, 0.05) is 38.3 Å². The summed E-state index contributed by atoms with van der Waals surface area (Å²) in [5.41, 5.74) is 0.308. The Bertz CT molecular complexity index is 617. The molecule has 0 saturated carbocycles. The molecule has 2 N–H and O–H groups in total. The van der Waals surface area contributed by atoms with Crippen LogP contribution in [0.4, 0.5) is 0 Å². The maximum atomic E-state index is 12.2. The summed E-state index contributed by atoms with van der Waals surface area (Å²) in [6.45, 7) is 2.73. The highest BCUT2D eigenvalue weighted by Crippen LogP contribution is 2.17. The summed E-state index contributed by atoms with van der Waals surface area (Å²) >= 11 is 0. The second kappa shape index (κ2) is 5.02. The molecule has 3 aliphatic heterocycles. The van der Waals surface area contributed by atoms with E-state index in [0.29, 0.717) is 24.6 Å². The number of rotatable bonds is 3. The minimum absolute atomic E-state index is 0.0243. The van der Waals surface area contributed by atoms with Gasteiger partial charge in [0.1, 0.15) is 0 Å². The zero-order chi connectivity index (χ0) is 14.2. The molecule has 3 heterocycles. The predicted octanol–water partition coefficient (Wildman–Crippen LogP) is -1.18. The Labute approximate surface area is 117 Å². The van der Waals surface area contributed by atoms with Crippen LogP contribution in [0, 0.1) is 5.92 Å². The Morgan fingerprint density at radius 3 is 3.00 bits per heavy atom. The topological polar surface area (TPSA) is 90.9 Å². The van der Waals surface area contributed by atoms with Crippen LogP contribution in [-0.2, 0) is 14.8 Å². The molecular weight excluding hydrogens is 280 g/mol. The molecule has 0 spiro atoms. The summed E-state index contributed by atoms with van der Waals surface area (Å²) in [7, 11) is -3.46. The number of hydrogen-bond donors (Lipinski definition) is 2. The van der Waals surface area contributed by atoms with Crippen LogP contribution in [0.2, 0.25) is 0 Å². The summed E-state index contributed by atoms with van der Waals surface area (Å²) in [5, 5.41) is 5.96. The van der Waals surface area contributed by atoms with Gasteiger partial charge in [-0.1, -0.05) is 0 Å². The minimum Gasteiger partial charge on any atom is -0.352 e. The third kappa shape index (κ3) is 2.61. The first-order valence-corrected chi connectivity index (χ1v) is 8.13. The highest BCUT2D eigenvalue weighted by molar-refractivity contribution is 7.90. The molecular formula is C12H16N4O3S. The fraction of sp³-hybridized carbons (Fsp3) is 0.500. The van der Waals surface area contributed by atoms with Gasteiger partial charge in [0.05, 0.1) is 11.3 Å². The van der Waals surface area contributed by atoms with E-state index in [4.69, 9.17) is 0 Å². The van der Waals surface area contributed by atoms with Crippen LogP contribution in [0.5, 0.6) is 0 Å². The van der Waals surface area contributed by atoms with Gasteiger partial charge in [0.25, 0.3) is 15.9 Å². The van der Waals surface area contributed by atoms with Crippen molar-refractivity contribution in [2.75, 3.05) is 31.9 Å². The van der Waals surface area contributed by atoms with Crippen LogP contribution in [-0.4, -0.2) is 57.0 Å². The van der Waals surface area contributed by atoms with E-state index in [2.05, 4.69) is 15.0 Å². The van der Waals surface area contributed by atoms with Gasteiger partial charge < -0.3 is 15.5 Å². The molecule has 3 aliphatic rings. The lowest BCUT2D eigenvalue weighted by atomic mass is 10.0. The third-order valence-corrected chi connectivity index (χ3v) is 4.67. The van der Waals surface area contributed by atoms with Crippen LogP contribution in [0.15, 0.2) is 28.3 Å². The summed E-state index contributed by atoms with van der Waals surface area (Å²) in [6.07, 6.45) is 5.07.